The highest BCUT2D eigenvalue weighted by Gasteiger charge is 2.32. The molecule has 2 amide bonds. The van der Waals surface area contributed by atoms with Gasteiger partial charge < -0.3 is 19.6 Å². The van der Waals surface area contributed by atoms with Gasteiger partial charge in [-0.15, -0.1) is 0 Å². The van der Waals surface area contributed by atoms with Crippen molar-refractivity contribution in [3.05, 3.63) is 53.4 Å². The number of carbonyl (C=O) groups is 2. The molecule has 1 saturated heterocycles. The second-order valence-corrected chi connectivity index (χ2v) is 7.70. The normalized spacial score (nSPS) is 14.2. The Morgan fingerprint density at radius 1 is 1.19 bits per heavy atom. The maximum absolute atomic E-state index is 13.3. The van der Waals surface area contributed by atoms with Gasteiger partial charge in [-0.25, -0.2) is 0 Å². The van der Waals surface area contributed by atoms with E-state index < -0.39 is 0 Å². The average molecular weight is 422 g/mol. The minimum Gasteiger partial charge on any atom is -0.369 e. The van der Waals surface area contributed by atoms with E-state index in [9.17, 15) is 9.59 Å². The summed E-state index contributed by atoms with van der Waals surface area (Å²) in [6.45, 7) is 3.43. The minimum atomic E-state index is -0.255. The maximum atomic E-state index is 13.3. The molecule has 3 aromatic rings. The highest BCUT2D eigenvalue weighted by Crippen LogP contribution is 2.32. The van der Waals surface area contributed by atoms with E-state index in [1.165, 1.54) is 5.56 Å². The zero-order valence-corrected chi connectivity index (χ0v) is 18.0. The van der Waals surface area contributed by atoms with Gasteiger partial charge in [0.25, 0.3) is 5.91 Å². The topological polar surface area (TPSA) is 96.5 Å². The molecule has 1 fully saturated rings. The lowest BCUT2D eigenvalue weighted by molar-refractivity contribution is -0.133. The number of likely N-dealkylation sites (N-methyl/N-ethyl adjacent to an activating group) is 1. The van der Waals surface area contributed by atoms with Crippen LogP contribution in [0.5, 0.6) is 0 Å². The Labute approximate surface area is 180 Å². The van der Waals surface area contributed by atoms with Crippen molar-refractivity contribution in [2.45, 2.75) is 13.3 Å². The Balaban J connectivity index is 1.57. The molecular weight excluding hydrogens is 396 g/mol. The lowest BCUT2D eigenvalue weighted by atomic mass is 10.1. The number of piperazine rings is 1. The largest absolute Gasteiger partial charge is 0.369 e. The van der Waals surface area contributed by atoms with E-state index in [4.69, 9.17) is 4.52 Å². The Bertz CT molecular complexity index is 1090. The molecule has 0 bridgehead atoms. The first-order valence-corrected chi connectivity index (χ1v) is 10.3. The predicted octanol–water partition coefficient (Wildman–Crippen LogP) is 1.95. The molecule has 3 heterocycles. The molecule has 0 atom stereocenters. The van der Waals surface area contributed by atoms with E-state index in [0.29, 0.717) is 42.2 Å². The molecule has 1 N–H and O–H groups in total. The van der Waals surface area contributed by atoms with Gasteiger partial charge in [-0.2, -0.15) is 5.10 Å². The van der Waals surface area contributed by atoms with Gasteiger partial charge >= 0.3 is 0 Å². The zero-order chi connectivity index (χ0) is 22.0. The SMILES string of the molecule is Cc1onc(-c2cnn(C)c2NCCc2ccccc2)c1C(=O)N1CCN(C)C(=O)C1. The van der Waals surface area contributed by atoms with Crippen molar-refractivity contribution >= 4 is 17.6 Å². The number of hydrogen-bond donors (Lipinski definition) is 1. The van der Waals surface area contributed by atoms with Crippen LogP contribution in [0.25, 0.3) is 11.3 Å². The zero-order valence-electron chi connectivity index (χ0n) is 18.0. The fourth-order valence-electron chi connectivity index (χ4n) is 3.69. The fraction of sp³-hybridized carbons (Fsp3) is 0.364. The van der Waals surface area contributed by atoms with Crippen LogP contribution in [0.2, 0.25) is 0 Å². The van der Waals surface area contributed by atoms with Crippen molar-refractivity contribution in [2.24, 2.45) is 7.05 Å². The Morgan fingerprint density at radius 2 is 1.97 bits per heavy atom. The number of aryl methyl sites for hydroxylation is 2. The van der Waals surface area contributed by atoms with Crippen LogP contribution in [-0.2, 0) is 18.3 Å². The standard InChI is InChI=1S/C22H26N6O3/c1-15-19(22(30)28-12-11-26(2)18(29)14-28)20(25-31-15)17-13-24-27(3)21(17)23-10-9-16-7-5-4-6-8-16/h4-8,13,23H,9-12,14H2,1-3H3. The molecule has 0 saturated carbocycles. The summed E-state index contributed by atoms with van der Waals surface area (Å²) in [5, 5.41) is 11.9. The summed E-state index contributed by atoms with van der Waals surface area (Å²) in [5.74, 6) is 0.840. The summed E-state index contributed by atoms with van der Waals surface area (Å²) in [6, 6.07) is 10.2. The first kappa shape index (κ1) is 20.6. The second-order valence-electron chi connectivity index (χ2n) is 7.70. The van der Waals surface area contributed by atoms with Crippen molar-refractivity contribution < 1.29 is 14.1 Å². The summed E-state index contributed by atoms with van der Waals surface area (Å²) in [7, 11) is 3.57. The lowest BCUT2D eigenvalue weighted by Crippen LogP contribution is -2.50. The molecule has 9 nitrogen and oxygen atoms in total. The van der Waals surface area contributed by atoms with E-state index >= 15 is 0 Å². The molecule has 9 heteroatoms. The van der Waals surface area contributed by atoms with Crippen molar-refractivity contribution in [2.75, 3.05) is 38.5 Å². The van der Waals surface area contributed by atoms with Crippen LogP contribution in [0.1, 0.15) is 21.7 Å². The van der Waals surface area contributed by atoms with Crippen LogP contribution < -0.4 is 5.32 Å². The fourth-order valence-corrected chi connectivity index (χ4v) is 3.69. The van der Waals surface area contributed by atoms with Gasteiger partial charge in [0.2, 0.25) is 5.91 Å². The number of hydrogen-bond acceptors (Lipinski definition) is 6. The van der Waals surface area contributed by atoms with Gasteiger partial charge in [0.1, 0.15) is 29.4 Å². The summed E-state index contributed by atoms with van der Waals surface area (Å²) in [4.78, 5) is 28.5. The third-order valence-electron chi connectivity index (χ3n) is 5.56. The van der Waals surface area contributed by atoms with Crippen molar-refractivity contribution in [3.63, 3.8) is 0 Å². The molecule has 0 unspecified atom stereocenters. The van der Waals surface area contributed by atoms with Crippen LogP contribution in [0.3, 0.4) is 0 Å². The van der Waals surface area contributed by atoms with Crippen LogP contribution in [0, 0.1) is 6.92 Å². The van der Waals surface area contributed by atoms with E-state index in [1.807, 2.05) is 25.2 Å². The molecule has 0 radical (unpaired) electrons. The minimum absolute atomic E-state index is 0.0502. The number of aromatic nitrogens is 3. The Morgan fingerprint density at radius 3 is 2.71 bits per heavy atom. The second kappa shape index (κ2) is 8.63. The van der Waals surface area contributed by atoms with Gasteiger partial charge in [0, 0.05) is 33.7 Å². The summed E-state index contributed by atoms with van der Waals surface area (Å²) >= 11 is 0. The Hall–Kier alpha value is -3.62. The Kier molecular flexibility index (Phi) is 5.75. The van der Waals surface area contributed by atoms with Gasteiger partial charge in [-0.3, -0.25) is 14.3 Å². The monoisotopic (exact) mass is 422 g/mol. The number of nitrogens with zero attached hydrogens (tertiary/aromatic N) is 5. The van der Waals surface area contributed by atoms with Crippen LogP contribution >= 0.6 is 0 Å². The number of carbonyl (C=O) groups excluding carboxylic acids is 2. The highest BCUT2D eigenvalue weighted by molar-refractivity contribution is 6.03. The van der Waals surface area contributed by atoms with Crippen LogP contribution in [0.15, 0.2) is 41.1 Å². The van der Waals surface area contributed by atoms with Gasteiger partial charge in [0.15, 0.2) is 0 Å². The molecular formula is C22H26N6O3. The maximum Gasteiger partial charge on any atom is 0.260 e. The van der Waals surface area contributed by atoms with E-state index in [1.54, 1.807) is 34.6 Å². The number of amides is 2. The molecule has 31 heavy (non-hydrogen) atoms. The number of benzene rings is 1. The van der Waals surface area contributed by atoms with Crippen LogP contribution in [0.4, 0.5) is 5.82 Å². The molecule has 1 aliphatic heterocycles. The van der Waals surface area contributed by atoms with Gasteiger partial charge in [-0.05, 0) is 18.9 Å². The van der Waals surface area contributed by atoms with E-state index in [-0.39, 0.29) is 18.4 Å². The number of anilines is 1. The predicted molar refractivity (Wildman–Crippen MR) is 116 cm³/mol. The van der Waals surface area contributed by atoms with Crippen LogP contribution in [-0.4, -0.2) is 69.8 Å². The lowest BCUT2D eigenvalue weighted by Gasteiger charge is -2.31. The van der Waals surface area contributed by atoms with Gasteiger partial charge in [0.05, 0.1) is 11.8 Å². The highest BCUT2D eigenvalue weighted by atomic mass is 16.5. The molecule has 1 aliphatic rings. The molecule has 1 aromatic carbocycles. The molecule has 2 aromatic heterocycles. The quantitative estimate of drug-likeness (QED) is 0.652. The van der Waals surface area contributed by atoms with E-state index in [2.05, 4.69) is 27.7 Å². The average Bonchev–Trinajstić information content (AvgIpc) is 3.32. The molecule has 162 valence electrons. The molecule has 0 spiro atoms. The third-order valence-corrected chi connectivity index (χ3v) is 5.56. The van der Waals surface area contributed by atoms with Crippen molar-refractivity contribution in [1.29, 1.82) is 0 Å². The smallest absolute Gasteiger partial charge is 0.260 e. The van der Waals surface area contributed by atoms with Crippen molar-refractivity contribution in [1.82, 2.24) is 24.7 Å². The third kappa shape index (κ3) is 4.16. The number of nitrogens with one attached hydrogen (secondary N) is 1. The summed E-state index contributed by atoms with van der Waals surface area (Å²) < 4.78 is 7.11. The number of rotatable bonds is 6. The molecule has 0 aliphatic carbocycles. The first-order chi connectivity index (χ1) is 15.0. The summed E-state index contributed by atoms with van der Waals surface area (Å²) in [5.41, 5.74) is 2.73. The van der Waals surface area contributed by atoms with Gasteiger partial charge in [-0.1, -0.05) is 35.5 Å². The molecule has 4 rings (SSSR count). The summed E-state index contributed by atoms with van der Waals surface area (Å²) in [6.07, 6.45) is 2.52. The first-order valence-electron chi connectivity index (χ1n) is 10.3. The van der Waals surface area contributed by atoms with Crippen molar-refractivity contribution in [3.8, 4) is 11.3 Å². The van der Waals surface area contributed by atoms with E-state index in [0.717, 1.165) is 12.2 Å².